The summed E-state index contributed by atoms with van der Waals surface area (Å²) in [6, 6.07) is 0. The zero-order valence-corrected chi connectivity index (χ0v) is 8.91. The van der Waals surface area contributed by atoms with Crippen LogP contribution in [0.25, 0.3) is 0 Å². The molecule has 0 amide bonds. The number of carboxylic acids is 1. The third-order valence-electron chi connectivity index (χ3n) is 3.06. The molecule has 0 saturated heterocycles. The van der Waals surface area contributed by atoms with Gasteiger partial charge in [0.25, 0.3) is 0 Å². The van der Waals surface area contributed by atoms with E-state index in [1.807, 2.05) is 48.6 Å². The molecule has 1 N–H and O–H groups in total. The van der Waals surface area contributed by atoms with Crippen LogP contribution >= 0.6 is 0 Å². The molecule has 0 heterocycles. The molecule has 2 rings (SSSR count). The standard InChI is InChI=1S/C14H14O2/c1-10(14(15)16)13(11-6-2-3-7-11)12-8-4-5-9-12/h2-9,11-13H,1H2,(H,15,16). The van der Waals surface area contributed by atoms with Gasteiger partial charge in [0.1, 0.15) is 0 Å². The molecule has 2 heteroatoms. The molecule has 82 valence electrons. The average Bonchev–Trinajstić information content (AvgIpc) is 2.89. The van der Waals surface area contributed by atoms with Crippen molar-refractivity contribution in [1.29, 1.82) is 0 Å². The van der Waals surface area contributed by atoms with E-state index in [0.29, 0.717) is 0 Å². The molecule has 0 aromatic heterocycles. The van der Waals surface area contributed by atoms with Gasteiger partial charge in [-0.15, -0.1) is 0 Å². The summed E-state index contributed by atoms with van der Waals surface area (Å²) in [7, 11) is 0. The van der Waals surface area contributed by atoms with E-state index in [-0.39, 0.29) is 23.3 Å². The first-order valence-corrected chi connectivity index (χ1v) is 5.32. The maximum Gasteiger partial charge on any atom is 0.331 e. The minimum Gasteiger partial charge on any atom is -0.478 e. The molecule has 0 fully saturated rings. The van der Waals surface area contributed by atoms with Crippen LogP contribution in [0.2, 0.25) is 0 Å². The third kappa shape index (κ3) is 1.91. The van der Waals surface area contributed by atoms with Gasteiger partial charge in [-0.25, -0.2) is 4.79 Å². The molecule has 0 radical (unpaired) electrons. The fourth-order valence-corrected chi connectivity index (χ4v) is 2.24. The molecule has 0 bridgehead atoms. The number of hydrogen-bond donors (Lipinski definition) is 1. The molecule has 2 aliphatic carbocycles. The first kappa shape index (κ1) is 10.7. The quantitative estimate of drug-likeness (QED) is 0.730. The average molecular weight is 214 g/mol. The molecule has 0 aliphatic heterocycles. The zero-order valence-electron chi connectivity index (χ0n) is 8.91. The lowest BCUT2D eigenvalue weighted by atomic mass is 9.78. The normalized spacial score (nSPS) is 19.1. The van der Waals surface area contributed by atoms with Gasteiger partial charge in [0, 0.05) is 23.3 Å². The van der Waals surface area contributed by atoms with Crippen molar-refractivity contribution < 1.29 is 9.90 Å². The van der Waals surface area contributed by atoms with E-state index >= 15 is 0 Å². The van der Waals surface area contributed by atoms with E-state index in [9.17, 15) is 4.79 Å². The highest BCUT2D eigenvalue weighted by molar-refractivity contribution is 5.86. The van der Waals surface area contributed by atoms with Crippen molar-refractivity contribution in [3.05, 3.63) is 60.8 Å². The van der Waals surface area contributed by atoms with Crippen LogP contribution < -0.4 is 0 Å². The summed E-state index contributed by atoms with van der Waals surface area (Å²) in [4.78, 5) is 11.1. The predicted molar refractivity (Wildman–Crippen MR) is 63.8 cm³/mol. The maximum atomic E-state index is 11.1. The van der Waals surface area contributed by atoms with Gasteiger partial charge in [-0.1, -0.05) is 55.2 Å². The number of allylic oxidation sites excluding steroid dienone is 8. The molecular weight excluding hydrogens is 200 g/mol. The number of carbonyl (C=O) groups is 1. The van der Waals surface area contributed by atoms with Crippen LogP contribution in [0.5, 0.6) is 0 Å². The van der Waals surface area contributed by atoms with Gasteiger partial charge in [0.2, 0.25) is 0 Å². The molecule has 0 aromatic rings. The highest BCUT2D eigenvalue weighted by Crippen LogP contribution is 2.35. The second-order valence-corrected chi connectivity index (χ2v) is 4.05. The zero-order chi connectivity index (χ0) is 11.5. The summed E-state index contributed by atoms with van der Waals surface area (Å²) in [5.41, 5.74) is 0.280. The Morgan fingerprint density at radius 2 is 1.38 bits per heavy atom. The van der Waals surface area contributed by atoms with Crippen molar-refractivity contribution in [1.82, 2.24) is 0 Å². The number of carboxylic acid groups (broad SMARTS) is 1. The minimum absolute atomic E-state index is 0.0810. The Morgan fingerprint density at radius 3 is 1.69 bits per heavy atom. The van der Waals surface area contributed by atoms with E-state index in [1.165, 1.54) is 0 Å². The topological polar surface area (TPSA) is 37.3 Å². The molecule has 0 unspecified atom stereocenters. The van der Waals surface area contributed by atoms with Gasteiger partial charge < -0.3 is 5.11 Å². The summed E-state index contributed by atoms with van der Waals surface area (Å²) in [5.74, 6) is -0.711. The lowest BCUT2D eigenvalue weighted by Gasteiger charge is -2.25. The Balaban J connectivity index is 2.25. The van der Waals surface area contributed by atoms with Crippen molar-refractivity contribution in [3.63, 3.8) is 0 Å². The highest BCUT2D eigenvalue weighted by Gasteiger charge is 2.31. The second kappa shape index (κ2) is 4.35. The highest BCUT2D eigenvalue weighted by atomic mass is 16.4. The van der Waals surface area contributed by atoms with Gasteiger partial charge >= 0.3 is 5.97 Å². The molecule has 0 spiro atoms. The Labute approximate surface area is 95.0 Å². The van der Waals surface area contributed by atoms with E-state index in [0.717, 1.165) is 0 Å². The Hall–Kier alpha value is -1.83. The Bertz CT molecular complexity index is 372. The lowest BCUT2D eigenvalue weighted by molar-refractivity contribution is -0.133. The molecule has 2 nitrogen and oxygen atoms in total. The first-order valence-electron chi connectivity index (χ1n) is 5.32. The van der Waals surface area contributed by atoms with Crippen LogP contribution in [0.3, 0.4) is 0 Å². The van der Waals surface area contributed by atoms with E-state index in [4.69, 9.17) is 5.11 Å². The predicted octanol–water partition coefficient (Wildman–Crippen LogP) is 2.73. The largest absolute Gasteiger partial charge is 0.478 e. The Morgan fingerprint density at radius 1 is 1.00 bits per heavy atom. The minimum atomic E-state index is -0.910. The van der Waals surface area contributed by atoms with Gasteiger partial charge in [-0.3, -0.25) is 0 Å². The summed E-state index contributed by atoms with van der Waals surface area (Å²) >= 11 is 0. The third-order valence-corrected chi connectivity index (χ3v) is 3.06. The molecular formula is C14H14O2. The van der Waals surface area contributed by atoms with Crippen LogP contribution in [0, 0.1) is 17.8 Å². The van der Waals surface area contributed by atoms with Gasteiger partial charge in [0.15, 0.2) is 0 Å². The van der Waals surface area contributed by atoms with Gasteiger partial charge in [0.05, 0.1) is 0 Å². The summed E-state index contributed by atoms with van der Waals surface area (Å²) in [6.07, 6.45) is 15.9. The summed E-state index contributed by atoms with van der Waals surface area (Å²) in [5, 5.41) is 9.08. The Kier molecular flexibility index (Phi) is 2.91. The van der Waals surface area contributed by atoms with Crippen LogP contribution in [-0.4, -0.2) is 11.1 Å². The van der Waals surface area contributed by atoms with E-state index in [1.54, 1.807) is 0 Å². The monoisotopic (exact) mass is 214 g/mol. The lowest BCUT2D eigenvalue weighted by Crippen LogP contribution is -2.23. The number of rotatable bonds is 4. The molecule has 16 heavy (non-hydrogen) atoms. The maximum absolute atomic E-state index is 11.1. The number of aliphatic carboxylic acids is 1. The summed E-state index contributed by atoms with van der Waals surface area (Å²) in [6.45, 7) is 3.71. The SMILES string of the molecule is C=C(C(=O)O)C(C1C=CC=C1)C1C=CC=C1. The number of hydrogen-bond acceptors (Lipinski definition) is 1. The molecule has 0 aromatic carbocycles. The van der Waals surface area contributed by atoms with Gasteiger partial charge in [-0.2, -0.15) is 0 Å². The van der Waals surface area contributed by atoms with Crippen LogP contribution in [0.15, 0.2) is 60.8 Å². The first-order chi connectivity index (χ1) is 7.70. The van der Waals surface area contributed by atoms with E-state index in [2.05, 4.69) is 6.58 Å². The van der Waals surface area contributed by atoms with E-state index < -0.39 is 5.97 Å². The van der Waals surface area contributed by atoms with Crippen molar-refractivity contribution in [2.24, 2.45) is 17.8 Å². The smallest absolute Gasteiger partial charge is 0.331 e. The molecule has 2 aliphatic rings. The summed E-state index contributed by atoms with van der Waals surface area (Å²) < 4.78 is 0. The van der Waals surface area contributed by atoms with Crippen LogP contribution in [-0.2, 0) is 4.79 Å². The molecule has 0 saturated carbocycles. The second-order valence-electron chi connectivity index (χ2n) is 4.05. The molecule has 0 atom stereocenters. The fraction of sp³-hybridized carbons (Fsp3) is 0.214. The fourth-order valence-electron chi connectivity index (χ4n) is 2.24. The van der Waals surface area contributed by atoms with Crippen molar-refractivity contribution in [2.75, 3.05) is 0 Å². The van der Waals surface area contributed by atoms with Crippen molar-refractivity contribution >= 4 is 5.97 Å². The van der Waals surface area contributed by atoms with Crippen molar-refractivity contribution in [2.45, 2.75) is 0 Å². The van der Waals surface area contributed by atoms with Crippen molar-refractivity contribution in [3.8, 4) is 0 Å². The van der Waals surface area contributed by atoms with Crippen LogP contribution in [0.1, 0.15) is 0 Å². The van der Waals surface area contributed by atoms with Gasteiger partial charge in [-0.05, 0) is 0 Å². The van der Waals surface area contributed by atoms with Crippen LogP contribution in [0.4, 0.5) is 0 Å².